The molecule has 0 aromatic rings. The highest BCUT2D eigenvalue weighted by molar-refractivity contribution is 6.23. The fraction of sp³-hybridized carbons (Fsp3) is 0.900. The molecule has 1 saturated heterocycles. The Morgan fingerprint density at radius 3 is 1.92 bits per heavy atom. The minimum absolute atomic E-state index is 0.183. The van der Waals surface area contributed by atoms with E-state index in [1.165, 1.54) is 5.06 Å². The molecule has 2 nitrogen and oxygen atoms in total. The van der Waals surface area contributed by atoms with Crippen LogP contribution in [0.4, 0.5) is 0 Å². The molecule has 1 rings (SSSR count). The maximum absolute atomic E-state index is 9.95. The van der Waals surface area contributed by atoms with Gasteiger partial charge in [0, 0.05) is 11.1 Å². The van der Waals surface area contributed by atoms with Gasteiger partial charge in [-0.25, -0.2) is 0 Å². The average Bonchev–Trinajstić information content (AvgIpc) is 1.99. The molecule has 1 N–H and O–H groups in total. The van der Waals surface area contributed by atoms with E-state index < -0.39 is 0 Å². The first kappa shape index (κ1) is 11.3. The monoisotopic (exact) mass is 204 g/mol. The Hall–Kier alpha value is 0.210. The Morgan fingerprint density at radius 2 is 1.62 bits per heavy atom. The van der Waals surface area contributed by atoms with Gasteiger partial charge in [0.2, 0.25) is 0 Å². The molecule has 1 heterocycles. The Morgan fingerprint density at radius 1 is 1.23 bits per heavy atom. The van der Waals surface area contributed by atoms with E-state index in [-0.39, 0.29) is 11.1 Å². The van der Waals surface area contributed by atoms with Gasteiger partial charge in [0.05, 0.1) is 5.88 Å². The van der Waals surface area contributed by atoms with E-state index in [9.17, 15) is 5.21 Å². The Kier molecular flexibility index (Phi) is 2.96. The second-order valence-corrected chi connectivity index (χ2v) is 5.48. The van der Waals surface area contributed by atoms with E-state index in [1.807, 2.05) is 27.7 Å². The number of nitrogens with zero attached hydrogens (tertiary/aromatic N) is 1. The molecule has 0 aliphatic carbocycles. The van der Waals surface area contributed by atoms with Crippen LogP contribution in [0, 0.1) is 11.8 Å². The second kappa shape index (κ2) is 3.41. The zero-order valence-electron chi connectivity index (χ0n) is 8.84. The molecule has 13 heavy (non-hydrogen) atoms. The molecule has 77 valence electrons. The van der Waals surface area contributed by atoms with E-state index >= 15 is 0 Å². The number of hydrogen-bond donors (Lipinski definition) is 1. The minimum atomic E-state index is -0.183. The van der Waals surface area contributed by atoms with Gasteiger partial charge in [-0.2, -0.15) is 5.06 Å². The lowest BCUT2D eigenvalue weighted by Gasteiger charge is -2.51. The van der Waals surface area contributed by atoms with Crippen LogP contribution in [0.25, 0.3) is 0 Å². The third-order valence-corrected chi connectivity index (χ3v) is 3.20. The smallest absolute Gasteiger partial charge is 0.0532 e. The summed E-state index contributed by atoms with van der Waals surface area (Å²) in [6, 6.07) is 0. The van der Waals surface area contributed by atoms with Crippen LogP contribution in [0.5, 0.6) is 0 Å². The summed E-state index contributed by atoms with van der Waals surface area (Å²) in [5, 5.41) is 11.4. The highest BCUT2D eigenvalue weighted by Gasteiger charge is 2.44. The van der Waals surface area contributed by atoms with Crippen LogP contribution in [0.3, 0.4) is 0 Å². The van der Waals surface area contributed by atoms with Gasteiger partial charge in [-0.15, -0.1) is 11.6 Å². The molecule has 1 radical (unpaired) electrons. The van der Waals surface area contributed by atoms with Crippen LogP contribution < -0.4 is 0 Å². The zero-order valence-corrected chi connectivity index (χ0v) is 9.60. The lowest BCUT2D eigenvalue weighted by molar-refractivity contribution is -0.248. The summed E-state index contributed by atoms with van der Waals surface area (Å²) in [4.78, 5) is 0. The summed E-state index contributed by atoms with van der Waals surface area (Å²) >= 11 is 5.76. The molecule has 0 unspecified atom stereocenters. The van der Waals surface area contributed by atoms with Crippen LogP contribution in [-0.4, -0.2) is 21.3 Å². The number of hydroxylamine groups is 2. The largest absolute Gasteiger partial charge is 0.313 e. The first-order valence-electron chi connectivity index (χ1n) is 4.72. The van der Waals surface area contributed by atoms with Crippen molar-refractivity contribution in [1.82, 2.24) is 5.06 Å². The van der Waals surface area contributed by atoms with Crippen molar-refractivity contribution in [3.8, 4) is 0 Å². The van der Waals surface area contributed by atoms with Crippen molar-refractivity contribution in [2.24, 2.45) is 5.92 Å². The van der Waals surface area contributed by atoms with Gasteiger partial charge in [-0.3, -0.25) is 0 Å². The topological polar surface area (TPSA) is 23.5 Å². The Bertz CT molecular complexity index is 173. The third-order valence-electron chi connectivity index (χ3n) is 2.85. The minimum Gasteiger partial charge on any atom is -0.313 e. The van der Waals surface area contributed by atoms with Gasteiger partial charge in [-0.05, 0) is 46.5 Å². The zero-order chi connectivity index (χ0) is 10.3. The summed E-state index contributed by atoms with van der Waals surface area (Å²) in [6.45, 7) is 8.17. The van der Waals surface area contributed by atoms with Crippen molar-refractivity contribution in [2.45, 2.75) is 51.6 Å². The van der Waals surface area contributed by atoms with E-state index in [1.54, 1.807) is 5.88 Å². The van der Waals surface area contributed by atoms with E-state index in [4.69, 9.17) is 11.6 Å². The lowest BCUT2D eigenvalue weighted by Crippen LogP contribution is -2.58. The fourth-order valence-electron chi connectivity index (χ4n) is 2.44. The lowest BCUT2D eigenvalue weighted by atomic mass is 9.76. The number of hydrogen-bond acceptors (Lipinski definition) is 2. The van der Waals surface area contributed by atoms with Gasteiger partial charge in [0.15, 0.2) is 0 Å². The Balaban J connectivity index is 2.82. The molecule has 1 fully saturated rings. The molecule has 3 heteroatoms. The number of piperidine rings is 1. The van der Waals surface area contributed by atoms with Gasteiger partial charge in [0.25, 0.3) is 0 Å². The van der Waals surface area contributed by atoms with Crippen LogP contribution in [0.1, 0.15) is 40.5 Å². The molecule has 1 aliphatic heterocycles. The van der Waals surface area contributed by atoms with Crippen LogP contribution in [0.15, 0.2) is 0 Å². The summed E-state index contributed by atoms with van der Waals surface area (Å²) in [6.07, 6.45) is 1.83. The fourth-order valence-corrected chi connectivity index (χ4v) is 2.61. The van der Waals surface area contributed by atoms with Crippen molar-refractivity contribution in [1.29, 1.82) is 0 Å². The van der Waals surface area contributed by atoms with Crippen molar-refractivity contribution in [3.63, 3.8) is 0 Å². The van der Waals surface area contributed by atoms with Crippen molar-refractivity contribution in [2.75, 3.05) is 0 Å². The first-order chi connectivity index (χ1) is 5.79. The Labute approximate surface area is 85.8 Å². The molecule has 0 saturated carbocycles. The molecule has 0 bridgehead atoms. The highest BCUT2D eigenvalue weighted by atomic mass is 35.5. The molecule has 0 aromatic heterocycles. The normalized spacial score (nSPS) is 29.1. The average molecular weight is 205 g/mol. The maximum Gasteiger partial charge on any atom is 0.0532 e. The molecule has 1 aliphatic rings. The van der Waals surface area contributed by atoms with Crippen molar-refractivity contribution in [3.05, 3.63) is 5.88 Å². The van der Waals surface area contributed by atoms with E-state index in [0.717, 1.165) is 12.8 Å². The second-order valence-electron chi connectivity index (χ2n) is 5.23. The van der Waals surface area contributed by atoms with Crippen molar-refractivity contribution < 1.29 is 5.21 Å². The summed E-state index contributed by atoms with van der Waals surface area (Å²) in [7, 11) is 0. The van der Waals surface area contributed by atoms with Gasteiger partial charge in [0.1, 0.15) is 0 Å². The molecule has 0 aromatic carbocycles. The standard InChI is InChI=1S/C10H19ClNO/c1-9(2)5-8(7-11)6-10(3,4)12(9)13/h7-8,13H,5-6H2,1-4H3. The molecular weight excluding hydrogens is 186 g/mol. The maximum atomic E-state index is 9.95. The number of rotatable bonds is 1. The quantitative estimate of drug-likeness (QED) is 0.710. The van der Waals surface area contributed by atoms with Crippen molar-refractivity contribution >= 4 is 11.6 Å². The summed E-state index contributed by atoms with van der Waals surface area (Å²) < 4.78 is 0. The predicted molar refractivity (Wildman–Crippen MR) is 54.7 cm³/mol. The number of halogens is 1. The molecule has 0 atom stereocenters. The highest BCUT2D eigenvalue weighted by Crippen LogP contribution is 2.41. The molecule has 0 spiro atoms. The third kappa shape index (κ3) is 2.17. The summed E-state index contributed by atoms with van der Waals surface area (Å²) in [5.41, 5.74) is -0.365. The van der Waals surface area contributed by atoms with Gasteiger partial charge in [-0.1, -0.05) is 0 Å². The van der Waals surface area contributed by atoms with Gasteiger partial charge < -0.3 is 5.21 Å². The van der Waals surface area contributed by atoms with Gasteiger partial charge >= 0.3 is 0 Å². The predicted octanol–water partition coefficient (Wildman–Crippen LogP) is 3.05. The first-order valence-corrected chi connectivity index (χ1v) is 5.16. The molecule has 0 amide bonds. The SMILES string of the molecule is CC1(C)CC([CH]Cl)CC(C)(C)N1O. The molecular formula is C10H19ClNO. The van der Waals surface area contributed by atoms with E-state index in [2.05, 4.69) is 0 Å². The van der Waals surface area contributed by atoms with Crippen LogP contribution in [-0.2, 0) is 0 Å². The van der Waals surface area contributed by atoms with Crippen LogP contribution >= 0.6 is 11.6 Å². The summed E-state index contributed by atoms with van der Waals surface area (Å²) in [5.74, 6) is 2.13. The van der Waals surface area contributed by atoms with E-state index in [0.29, 0.717) is 5.92 Å². The van der Waals surface area contributed by atoms with Crippen LogP contribution in [0.2, 0.25) is 0 Å².